The summed E-state index contributed by atoms with van der Waals surface area (Å²) in [5, 5.41) is 3.54. The van der Waals surface area contributed by atoms with Gasteiger partial charge in [-0.05, 0) is 56.3 Å². The molecule has 2 amide bonds. The fourth-order valence-corrected chi connectivity index (χ4v) is 4.25. The van der Waals surface area contributed by atoms with Gasteiger partial charge in [0.15, 0.2) is 0 Å². The van der Waals surface area contributed by atoms with Gasteiger partial charge in [0.05, 0.1) is 23.5 Å². The summed E-state index contributed by atoms with van der Waals surface area (Å²) in [7, 11) is 0. The van der Waals surface area contributed by atoms with Crippen LogP contribution in [0.1, 0.15) is 40.3 Å². The molecule has 0 fully saturated rings. The van der Waals surface area contributed by atoms with Gasteiger partial charge in [0, 0.05) is 28.9 Å². The van der Waals surface area contributed by atoms with Gasteiger partial charge in [-0.1, -0.05) is 17.8 Å². The van der Waals surface area contributed by atoms with E-state index in [1.807, 2.05) is 44.2 Å². The summed E-state index contributed by atoms with van der Waals surface area (Å²) < 4.78 is 0. The standard InChI is InChI=1S/C22H20N4O2S/c1-14(2)26-18-9-8-15(20(27)25-13-16-6-3-4-10-23-16)12-19(18)29-21-17(22(26)28)7-5-11-24-21/h3-12,14H,13H2,1-2H3,(H,25,27). The van der Waals surface area contributed by atoms with Crippen molar-refractivity contribution >= 4 is 29.3 Å². The summed E-state index contributed by atoms with van der Waals surface area (Å²) in [6.45, 7) is 4.30. The van der Waals surface area contributed by atoms with Crippen LogP contribution in [0.25, 0.3) is 0 Å². The number of aromatic nitrogens is 2. The Balaban J connectivity index is 1.66. The lowest BCUT2D eigenvalue weighted by Crippen LogP contribution is -2.37. The van der Waals surface area contributed by atoms with Crippen LogP contribution in [0, 0.1) is 0 Å². The van der Waals surface area contributed by atoms with E-state index in [0.29, 0.717) is 22.7 Å². The first kappa shape index (κ1) is 19.1. The number of pyridine rings is 2. The molecule has 3 aromatic rings. The predicted octanol–water partition coefficient (Wildman–Crippen LogP) is 3.93. The molecule has 1 aromatic carbocycles. The zero-order valence-corrected chi connectivity index (χ0v) is 16.9. The zero-order valence-electron chi connectivity index (χ0n) is 16.1. The van der Waals surface area contributed by atoms with Gasteiger partial charge in [-0.3, -0.25) is 14.6 Å². The molecule has 146 valence electrons. The Morgan fingerprint density at radius 2 is 1.93 bits per heavy atom. The summed E-state index contributed by atoms with van der Waals surface area (Å²) in [4.78, 5) is 37.0. The first-order valence-electron chi connectivity index (χ1n) is 9.33. The van der Waals surface area contributed by atoms with Crippen molar-refractivity contribution in [3.8, 4) is 0 Å². The van der Waals surface area contributed by atoms with Crippen molar-refractivity contribution < 1.29 is 9.59 Å². The number of nitrogens with one attached hydrogen (secondary N) is 1. The van der Waals surface area contributed by atoms with Crippen LogP contribution in [0.2, 0.25) is 0 Å². The van der Waals surface area contributed by atoms with E-state index in [2.05, 4.69) is 15.3 Å². The van der Waals surface area contributed by atoms with Crippen LogP contribution in [0.4, 0.5) is 5.69 Å². The van der Waals surface area contributed by atoms with E-state index in [0.717, 1.165) is 16.3 Å². The zero-order chi connectivity index (χ0) is 20.4. The van der Waals surface area contributed by atoms with E-state index < -0.39 is 0 Å². The van der Waals surface area contributed by atoms with Crippen LogP contribution >= 0.6 is 11.8 Å². The number of carbonyl (C=O) groups excluding carboxylic acids is 2. The molecule has 0 spiro atoms. The number of anilines is 1. The van der Waals surface area contributed by atoms with Crippen LogP contribution in [-0.4, -0.2) is 27.8 Å². The van der Waals surface area contributed by atoms with Gasteiger partial charge < -0.3 is 10.2 Å². The van der Waals surface area contributed by atoms with E-state index >= 15 is 0 Å². The lowest BCUT2D eigenvalue weighted by molar-refractivity contribution is 0.0949. The van der Waals surface area contributed by atoms with Crippen molar-refractivity contribution in [2.75, 3.05) is 4.90 Å². The summed E-state index contributed by atoms with van der Waals surface area (Å²) in [5.41, 5.74) is 2.68. The Hall–Kier alpha value is -3.19. The lowest BCUT2D eigenvalue weighted by atomic mass is 10.1. The molecule has 1 N–H and O–H groups in total. The Morgan fingerprint density at radius 3 is 2.69 bits per heavy atom. The number of benzene rings is 1. The highest BCUT2D eigenvalue weighted by atomic mass is 32.2. The highest BCUT2D eigenvalue weighted by Gasteiger charge is 2.30. The largest absolute Gasteiger partial charge is 0.346 e. The molecule has 0 atom stereocenters. The number of hydrogen-bond acceptors (Lipinski definition) is 5. The molecule has 0 saturated carbocycles. The van der Waals surface area contributed by atoms with Crippen LogP contribution in [0.15, 0.2) is 70.8 Å². The van der Waals surface area contributed by atoms with Gasteiger partial charge in [-0.25, -0.2) is 4.98 Å². The summed E-state index contributed by atoms with van der Waals surface area (Å²) in [5.74, 6) is -0.270. The second-order valence-electron chi connectivity index (χ2n) is 6.91. The van der Waals surface area contributed by atoms with Crippen LogP contribution in [0.5, 0.6) is 0 Å². The fourth-order valence-electron chi connectivity index (χ4n) is 3.20. The second kappa shape index (κ2) is 8.05. The van der Waals surface area contributed by atoms with Gasteiger partial charge in [0.25, 0.3) is 11.8 Å². The molecule has 3 heterocycles. The predicted molar refractivity (Wildman–Crippen MR) is 112 cm³/mol. The monoisotopic (exact) mass is 404 g/mol. The third kappa shape index (κ3) is 3.86. The molecular formula is C22H20N4O2S. The van der Waals surface area contributed by atoms with E-state index in [-0.39, 0.29) is 17.9 Å². The first-order valence-corrected chi connectivity index (χ1v) is 10.1. The van der Waals surface area contributed by atoms with Gasteiger partial charge in [0.1, 0.15) is 5.03 Å². The van der Waals surface area contributed by atoms with Crippen molar-refractivity contribution in [2.24, 2.45) is 0 Å². The number of fused-ring (bicyclic) bond motifs is 2. The van der Waals surface area contributed by atoms with Gasteiger partial charge in [-0.15, -0.1) is 0 Å². The average Bonchev–Trinajstić information content (AvgIpc) is 2.86. The SMILES string of the molecule is CC(C)N1C(=O)c2cccnc2Sc2cc(C(=O)NCc3ccccn3)ccc21. The molecule has 1 aliphatic heterocycles. The highest BCUT2D eigenvalue weighted by molar-refractivity contribution is 7.99. The maximum absolute atomic E-state index is 13.1. The molecule has 29 heavy (non-hydrogen) atoms. The lowest BCUT2D eigenvalue weighted by Gasteiger charge is -2.27. The molecule has 2 aromatic heterocycles. The molecule has 0 aliphatic carbocycles. The van der Waals surface area contributed by atoms with Crippen molar-refractivity contribution in [2.45, 2.75) is 36.4 Å². The molecule has 1 aliphatic rings. The first-order chi connectivity index (χ1) is 14.0. The average molecular weight is 404 g/mol. The smallest absolute Gasteiger partial charge is 0.261 e. The Kier molecular flexibility index (Phi) is 5.31. The normalized spacial score (nSPS) is 12.9. The fraction of sp³-hybridized carbons (Fsp3) is 0.182. The van der Waals surface area contributed by atoms with Gasteiger partial charge in [0.2, 0.25) is 0 Å². The number of amides is 2. The van der Waals surface area contributed by atoms with Gasteiger partial charge >= 0.3 is 0 Å². The minimum absolute atomic E-state index is 0.0307. The summed E-state index contributed by atoms with van der Waals surface area (Å²) in [6.07, 6.45) is 3.37. The quantitative estimate of drug-likeness (QED) is 0.713. The topological polar surface area (TPSA) is 75.2 Å². The van der Waals surface area contributed by atoms with E-state index in [1.165, 1.54) is 11.8 Å². The molecule has 0 bridgehead atoms. The van der Waals surface area contributed by atoms with Crippen molar-refractivity contribution in [1.82, 2.24) is 15.3 Å². The number of hydrogen-bond donors (Lipinski definition) is 1. The van der Waals surface area contributed by atoms with Crippen molar-refractivity contribution in [3.05, 3.63) is 77.7 Å². The number of rotatable bonds is 4. The van der Waals surface area contributed by atoms with Crippen LogP contribution in [0.3, 0.4) is 0 Å². The third-order valence-corrected chi connectivity index (χ3v) is 5.65. The van der Waals surface area contributed by atoms with E-state index in [4.69, 9.17) is 0 Å². The molecule has 4 rings (SSSR count). The van der Waals surface area contributed by atoms with Crippen molar-refractivity contribution in [3.63, 3.8) is 0 Å². The molecule has 0 unspecified atom stereocenters. The highest BCUT2D eigenvalue weighted by Crippen LogP contribution is 2.41. The van der Waals surface area contributed by atoms with Crippen molar-refractivity contribution in [1.29, 1.82) is 0 Å². The minimum atomic E-state index is -0.188. The molecular weight excluding hydrogens is 384 g/mol. The van der Waals surface area contributed by atoms with Crippen LogP contribution < -0.4 is 10.2 Å². The Bertz CT molecular complexity index is 1070. The molecule has 7 heteroatoms. The number of nitrogens with zero attached hydrogens (tertiary/aromatic N) is 3. The maximum atomic E-state index is 13.1. The Morgan fingerprint density at radius 1 is 1.10 bits per heavy atom. The maximum Gasteiger partial charge on any atom is 0.261 e. The minimum Gasteiger partial charge on any atom is -0.346 e. The van der Waals surface area contributed by atoms with Gasteiger partial charge in [-0.2, -0.15) is 0 Å². The summed E-state index contributed by atoms with van der Waals surface area (Å²) >= 11 is 1.41. The Labute approximate surface area is 173 Å². The van der Waals surface area contributed by atoms with E-state index in [1.54, 1.807) is 35.5 Å². The molecule has 6 nitrogen and oxygen atoms in total. The summed E-state index contributed by atoms with van der Waals surface area (Å²) in [6, 6.07) is 14.5. The molecule has 0 radical (unpaired) electrons. The van der Waals surface area contributed by atoms with Crippen LogP contribution in [-0.2, 0) is 6.54 Å². The number of carbonyl (C=O) groups is 2. The third-order valence-electron chi connectivity index (χ3n) is 4.58. The molecule has 0 saturated heterocycles. The second-order valence-corrected chi connectivity index (χ2v) is 7.94. The van der Waals surface area contributed by atoms with E-state index in [9.17, 15) is 9.59 Å².